The molecule has 2 bridgehead atoms. The smallest absolute Gasteiger partial charge is 0.225 e. The molecule has 5 rings (SSSR count). The van der Waals surface area contributed by atoms with Crippen molar-refractivity contribution in [3.8, 4) is 6.07 Å². The second kappa shape index (κ2) is 8.33. The normalized spacial score (nSPS) is 23.1. The van der Waals surface area contributed by atoms with Crippen LogP contribution in [0, 0.1) is 18.3 Å². The minimum atomic E-state index is 0.313. The number of anilines is 3. The van der Waals surface area contributed by atoms with Crippen LogP contribution in [0.15, 0.2) is 24.3 Å². The maximum atomic E-state index is 8.95. The zero-order chi connectivity index (χ0) is 21.4. The molecule has 0 amide bonds. The number of hydrogen-bond acceptors (Lipinski definition) is 7. The van der Waals surface area contributed by atoms with Crippen molar-refractivity contribution in [2.24, 2.45) is 0 Å². The van der Waals surface area contributed by atoms with Crippen molar-refractivity contribution in [1.82, 2.24) is 25.1 Å². The van der Waals surface area contributed by atoms with Gasteiger partial charge in [0.05, 0.1) is 11.6 Å². The highest BCUT2D eigenvalue weighted by Crippen LogP contribution is 2.37. The van der Waals surface area contributed by atoms with Crippen molar-refractivity contribution in [3.63, 3.8) is 0 Å². The SMILES string of the molecule is Cc1cc(Nc2nc(NC3CC4CCC(C3)N4CCC#N)nc3cc(Cl)ccc23)n[nH]1. The fourth-order valence-electron chi connectivity index (χ4n) is 4.98. The summed E-state index contributed by atoms with van der Waals surface area (Å²) in [5.41, 5.74) is 1.76. The summed E-state index contributed by atoms with van der Waals surface area (Å²) in [5.74, 6) is 2.01. The number of benzene rings is 1. The zero-order valence-electron chi connectivity index (χ0n) is 17.4. The largest absolute Gasteiger partial charge is 0.351 e. The molecule has 9 heteroatoms. The molecule has 160 valence electrons. The van der Waals surface area contributed by atoms with Crippen molar-refractivity contribution in [3.05, 3.63) is 35.0 Å². The van der Waals surface area contributed by atoms with Crippen LogP contribution in [-0.4, -0.2) is 49.7 Å². The van der Waals surface area contributed by atoms with Gasteiger partial charge in [0.1, 0.15) is 5.82 Å². The topological polar surface area (TPSA) is 106 Å². The molecule has 1 aromatic carbocycles. The van der Waals surface area contributed by atoms with Gasteiger partial charge in [-0.2, -0.15) is 15.3 Å². The maximum absolute atomic E-state index is 8.95. The molecule has 3 N–H and O–H groups in total. The van der Waals surface area contributed by atoms with Gasteiger partial charge in [-0.25, -0.2) is 4.98 Å². The third-order valence-corrected chi connectivity index (χ3v) is 6.55. The minimum Gasteiger partial charge on any atom is -0.351 e. The molecule has 8 nitrogen and oxygen atoms in total. The Labute approximate surface area is 186 Å². The van der Waals surface area contributed by atoms with E-state index >= 15 is 0 Å². The van der Waals surface area contributed by atoms with Crippen LogP contribution in [0.1, 0.15) is 37.8 Å². The fourth-order valence-corrected chi connectivity index (χ4v) is 5.15. The Hall–Kier alpha value is -2.89. The Morgan fingerprint density at radius 3 is 2.74 bits per heavy atom. The van der Waals surface area contributed by atoms with Crippen molar-refractivity contribution in [2.45, 2.75) is 57.2 Å². The Bertz CT molecular complexity index is 1120. The number of H-pyrrole nitrogens is 1. The zero-order valence-corrected chi connectivity index (χ0v) is 18.2. The molecule has 0 saturated carbocycles. The molecule has 3 aromatic rings. The molecule has 2 unspecified atom stereocenters. The second-order valence-electron chi connectivity index (χ2n) is 8.46. The van der Waals surface area contributed by atoms with Crippen molar-refractivity contribution < 1.29 is 0 Å². The monoisotopic (exact) mass is 436 g/mol. The van der Waals surface area contributed by atoms with Gasteiger partial charge in [-0.1, -0.05) is 11.6 Å². The van der Waals surface area contributed by atoms with Crippen molar-refractivity contribution in [2.75, 3.05) is 17.2 Å². The quantitative estimate of drug-likeness (QED) is 0.526. The summed E-state index contributed by atoms with van der Waals surface area (Å²) in [6.07, 6.45) is 5.09. The number of nitrogens with one attached hydrogen (secondary N) is 3. The fraction of sp³-hybridized carbons (Fsp3) is 0.455. The Morgan fingerprint density at radius 2 is 2.03 bits per heavy atom. The third kappa shape index (κ3) is 4.16. The Balaban J connectivity index is 1.39. The van der Waals surface area contributed by atoms with E-state index in [0.29, 0.717) is 47.2 Å². The first-order valence-corrected chi connectivity index (χ1v) is 11.1. The summed E-state index contributed by atoms with van der Waals surface area (Å²) in [7, 11) is 0. The lowest BCUT2D eigenvalue weighted by Gasteiger charge is -2.38. The van der Waals surface area contributed by atoms with Crippen LogP contribution in [0.2, 0.25) is 5.02 Å². The number of nitrogens with zero attached hydrogens (tertiary/aromatic N) is 5. The van der Waals surface area contributed by atoms with E-state index in [9.17, 15) is 0 Å². The van der Waals surface area contributed by atoms with Gasteiger partial charge < -0.3 is 10.6 Å². The molecular formula is C22H25ClN8. The predicted octanol–water partition coefficient (Wildman–Crippen LogP) is 4.38. The lowest BCUT2D eigenvalue weighted by molar-refractivity contribution is 0.135. The van der Waals surface area contributed by atoms with Crippen LogP contribution in [0.4, 0.5) is 17.6 Å². The second-order valence-corrected chi connectivity index (χ2v) is 8.90. The average molecular weight is 437 g/mol. The molecule has 0 aliphatic carbocycles. The van der Waals surface area contributed by atoms with Gasteiger partial charge in [0.25, 0.3) is 0 Å². The number of hydrogen-bond donors (Lipinski definition) is 3. The minimum absolute atomic E-state index is 0.313. The molecule has 2 aromatic heterocycles. The first-order valence-electron chi connectivity index (χ1n) is 10.7. The molecular weight excluding hydrogens is 412 g/mol. The van der Waals surface area contributed by atoms with E-state index in [2.05, 4.69) is 31.8 Å². The summed E-state index contributed by atoms with van der Waals surface area (Å²) in [6, 6.07) is 11.2. The summed E-state index contributed by atoms with van der Waals surface area (Å²) in [5, 5.41) is 24.6. The first-order chi connectivity index (χ1) is 15.1. The number of rotatable bonds is 6. The highest BCUT2D eigenvalue weighted by molar-refractivity contribution is 6.31. The van der Waals surface area contributed by atoms with Crippen molar-refractivity contribution >= 4 is 40.1 Å². The molecule has 4 heterocycles. The summed E-state index contributed by atoms with van der Waals surface area (Å²) >= 11 is 6.24. The molecule has 2 saturated heterocycles. The van der Waals surface area contributed by atoms with Crippen LogP contribution in [-0.2, 0) is 0 Å². The van der Waals surface area contributed by atoms with E-state index in [4.69, 9.17) is 26.8 Å². The van der Waals surface area contributed by atoms with Gasteiger partial charge in [0, 0.05) is 53.3 Å². The van der Waals surface area contributed by atoms with Crippen LogP contribution in [0.3, 0.4) is 0 Å². The molecule has 2 atom stereocenters. The van der Waals surface area contributed by atoms with Crippen LogP contribution >= 0.6 is 11.6 Å². The molecule has 2 aliphatic rings. The third-order valence-electron chi connectivity index (χ3n) is 6.31. The standard InChI is InChI=1S/C22H25ClN8/c1-13-9-20(30-29-13)27-21-18-6-3-14(23)10-19(18)26-22(28-21)25-15-11-16-4-5-17(12-15)31(16)8-2-7-24/h3,6,9-10,15-17H,2,4-5,8,11-12H2,1H3,(H3,25,26,27,28,29,30). The van der Waals surface area contributed by atoms with Crippen LogP contribution < -0.4 is 10.6 Å². The number of aromatic nitrogens is 4. The van der Waals surface area contributed by atoms with Gasteiger partial charge >= 0.3 is 0 Å². The molecule has 0 radical (unpaired) electrons. The van der Waals surface area contributed by atoms with Gasteiger partial charge in [0.2, 0.25) is 5.95 Å². The number of nitriles is 1. The van der Waals surface area contributed by atoms with E-state index in [-0.39, 0.29) is 0 Å². The number of piperidine rings is 1. The first kappa shape index (κ1) is 20.0. The predicted molar refractivity (Wildman–Crippen MR) is 122 cm³/mol. The number of halogens is 1. The van der Waals surface area contributed by atoms with Crippen LogP contribution in [0.5, 0.6) is 0 Å². The van der Waals surface area contributed by atoms with Gasteiger partial charge in [-0.05, 0) is 50.8 Å². The van der Waals surface area contributed by atoms with E-state index in [0.717, 1.165) is 36.0 Å². The lowest BCUT2D eigenvalue weighted by atomic mass is 9.97. The molecule has 2 fully saturated rings. The molecule has 0 spiro atoms. The van der Waals surface area contributed by atoms with E-state index in [1.165, 1.54) is 12.8 Å². The highest BCUT2D eigenvalue weighted by Gasteiger charge is 2.40. The summed E-state index contributed by atoms with van der Waals surface area (Å²) in [6.45, 7) is 2.83. The Morgan fingerprint density at radius 1 is 1.23 bits per heavy atom. The lowest BCUT2D eigenvalue weighted by Crippen LogP contribution is -2.47. The van der Waals surface area contributed by atoms with E-state index in [1.807, 2.05) is 31.2 Å². The highest BCUT2D eigenvalue weighted by atomic mass is 35.5. The van der Waals surface area contributed by atoms with Crippen molar-refractivity contribution in [1.29, 1.82) is 5.26 Å². The molecule has 31 heavy (non-hydrogen) atoms. The van der Waals surface area contributed by atoms with E-state index in [1.54, 1.807) is 0 Å². The van der Waals surface area contributed by atoms with Gasteiger partial charge in [-0.15, -0.1) is 0 Å². The van der Waals surface area contributed by atoms with Crippen LogP contribution in [0.25, 0.3) is 10.9 Å². The summed E-state index contributed by atoms with van der Waals surface area (Å²) in [4.78, 5) is 12.0. The summed E-state index contributed by atoms with van der Waals surface area (Å²) < 4.78 is 0. The van der Waals surface area contributed by atoms with Gasteiger partial charge in [-0.3, -0.25) is 10.00 Å². The molecule has 2 aliphatic heterocycles. The average Bonchev–Trinajstić information content (AvgIpc) is 3.25. The number of fused-ring (bicyclic) bond motifs is 3. The van der Waals surface area contributed by atoms with Gasteiger partial charge in [0.15, 0.2) is 5.82 Å². The number of aryl methyl sites for hydroxylation is 1. The maximum Gasteiger partial charge on any atom is 0.225 e. The van der Waals surface area contributed by atoms with E-state index < -0.39 is 0 Å². The number of aromatic amines is 1. The Kier molecular flexibility index (Phi) is 5.38.